The van der Waals surface area contributed by atoms with Gasteiger partial charge in [0, 0.05) is 22.3 Å². The summed E-state index contributed by atoms with van der Waals surface area (Å²) in [6.07, 6.45) is 5.01. The van der Waals surface area contributed by atoms with Gasteiger partial charge in [-0.05, 0) is 68.4 Å². The molecule has 1 aliphatic carbocycles. The monoisotopic (exact) mass is 285 g/mol. The van der Waals surface area contributed by atoms with Gasteiger partial charge in [0.1, 0.15) is 0 Å². The molecule has 0 amide bonds. The summed E-state index contributed by atoms with van der Waals surface area (Å²) in [4.78, 5) is 2.89. The lowest BCUT2D eigenvalue weighted by Gasteiger charge is -2.13. The smallest absolute Gasteiger partial charge is 0.0208 e. The first-order valence-electron chi connectivity index (χ1n) is 7.60. The molecule has 0 saturated heterocycles. The van der Waals surface area contributed by atoms with Crippen molar-refractivity contribution in [2.45, 2.75) is 52.1 Å². The topological polar surface area (TPSA) is 12.0 Å². The summed E-state index contributed by atoms with van der Waals surface area (Å²) in [5.41, 5.74) is 4.57. The molecule has 1 N–H and O–H groups in total. The average Bonchev–Trinajstić information content (AvgIpc) is 3.04. The zero-order valence-electron chi connectivity index (χ0n) is 12.4. The molecule has 1 aromatic heterocycles. The molecular formula is C18H23NS. The van der Waals surface area contributed by atoms with E-state index in [2.05, 4.69) is 49.5 Å². The number of benzene rings is 1. The molecule has 0 fully saturated rings. The molecule has 0 aliphatic heterocycles. The number of fused-ring (bicyclic) bond motifs is 1. The van der Waals surface area contributed by atoms with Gasteiger partial charge in [-0.15, -0.1) is 11.3 Å². The lowest BCUT2D eigenvalue weighted by Crippen LogP contribution is -2.27. The summed E-state index contributed by atoms with van der Waals surface area (Å²) < 4.78 is 0. The highest BCUT2D eigenvalue weighted by Crippen LogP contribution is 2.23. The Labute approximate surface area is 126 Å². The molecule has 1 nitrogen and oxygen atoms in total. The number of thiophene rings is 1. The Morgan fingerprint density at radius 1 is 1.15 bits per heavy atom. The highest BCUT2D eigenvalue weighted by molar-refractivity contribution is 7.11. The minimum Gasteiger partial charge on any atom is -0.310 e. The van der Waals surface area contributed by atoms with Crippen LogP contribution in [-0.4, -0.2) is 6.04 Å². The lowest BCUT2D eigenvalue weighted by atomic mass is 10.1. The van der Waals surface area contributed by atoms with E-state index in [4.69, 9.17) is 0 Å². The first-order valence-corrected chi connectivity index (χ1v) is 8.42. The van der Waals surface area contributed by atoms with E-state index in [-0.39, 0.29) is 0 Å². The van der Waals surface area contributed by atoms with Crippen molar-refractivity contribution in [1.82, 2.24) is 5.32 Å². The highest BCUT2D eigenvalue weighted by atomic mass is 32.1. The van der Waals surface area contributed by atoms with Gasteiger partial charge in [-0.25, -0.2) is 0 Å². The standard InChI is InChI=1S/C18H23NS/c1-13(10-18-9-6-14(2)20-18)19-12-15-7-8-16-4-3-5-17(16)11-15/h6-9,11,13,19H,3-5,10,12H2,1-2H3. The average molecular weight is 285 g/mol. The van der Waals surface area contributed by atoms with Crippen LogP contribution in [0.1, 0.15) is 39.8 Å². The van der Waals surface area contributed by atoms with Crippen LogP contribution in [0.15, 0.2) is 30.3 Å². The molecule has 2 aromatic rings. The van der Waals surface area contributed by atoms with Gasteiger partial charge in [0.05, 0.1) is 0 Å². The van der Waals surface area contributed by atoms with Gasteiger partial charge in [0.2, 0.25) is 0 Å². The quantitative estimate of drug-likeness (QED) is 0.865. The number of hydrogen-bond acceptors (Lipinski definition) is 2. The Hall–Kier alpha value is -1.12. The predicted molar refractivity (Wildman–Crippen MR) is 87.5 cm³/mol. The molecule has 2 heteroatoms. The minimum atomic E-state index is 0.529. The first kappa shape index (κ1) is 13.8. The van der Waals surface area contributed by atoms with E-state index in [1.807, 2.05) is 11.3 Å². The van der Waals surface area contributed by atoms with Crippen LogP contribution in [0.3, 0.4) is 0 Å². The van der Waals surface area contributed by atoms with Crippen molar-refractivity contribution in [1.29, 1.82) is 0 Å². The molecule has 1 atom stereocenters. The molecule has 3 rings (SSSR count). The fraction of sp³-hybridized carbons (Fsp3) is 0.444. The van der Waals surface area contributed by atoms with Crippen LogP contribution in [0.25, 0.3) is 0 Å². The van der Waals surface area contributed by atoms with Crippen LogP contribution >= 0.6 is 11.3 Å². The van der Waals surface area contributed by atoms with Crippen molar-refractivity contribution in [3.05, 3.63) is 56.8 Å². The summed E-state index contributed by atoms with van der Waals surface area (Å²) in [6, 6.07) is 12.0. The van der Waals surface area contributed by atoms with Crippen molar-refractivity contribution in [3.8, 4) is 0 Å². The molecule has 0 spiro atoms. The van der Waals surface area contributed by atoms with E-state index >= 15 is 0 Å². The second-order valence-electron chi connectivity index (χ2n) is 5.96. The van der Waals surface area contributed by atoms with Crippen molar-refractivity contribution < 1.29 is 0 Å². The third kappa shape index (κ3) is 3.31. The van der Waals surface area contributed by atoms with E-state index < -0.39 is 0 Å². The Bertz CT molecular complexity index is 585. The summed E-state index contributed by atoms with van der Waals surface area (Å²) in [5.74, 6) is 0. The third-order valence-electron chi connectivity index (χ3n) is 4.12. The summed E-state index contributed by atoms with van der Waals surface area (Å²) in [7, 11) is 0. The number of aryl methyl sites for hydroxylation is 3. The van der Waals surface area contributed by atoms with Crippen molar-refractivity contribution >= 4 is 11.3 Å². The second-order valence-corrected chi connectivity index (χ2v) is 7.33. The molecule has 1 aromatic carbocycles. The van der Waals surface area contributed by atoms with E-state index in [1.165, 1.54) is 34.6 Å². The maximum absolute atomic E-state index is 3.65. The summed E-state index contributed by atoms with van der Waals surface area (Å²) in [5, 5.41) is 3.65. The SMILES string of the molecule is Cc1ccc(CC(C)NCc2ccc3c(c2)CCC3)s1. The molecule has 0 bridgehead atoms. The maximum atomic E-state index is 3.65. The zero-order chi connectivity index (χ0) is 13.9. The van der Waals surface area contributed by atoms with Crippen molar-refractivity contribution in [3.63, 3.8) is 0 Å². The minimum absolute atomic E-state index is 0.529. The van der Waals surface area contributed by atoms with Gasteiger partial charge in [0.25, 0.3) is 0 Å². The van der Waals surface area contributed by atoms with Crippen LogP contribution < -0.4 is 5.32 Å². The van der Waals surface area contributed by atoms with Gasteiger partial charge in [-0.3, -0.25) is 0 Å². The van der Waals surface area contributed by atoms with Gasteiger partial charge >= 0.3 is 0 Å². The predicted octanol–water partition coefficient (Wildman–Crippen LogP) is 4.27. The maximum Gasteiger partial charge on any atom is 0.0208 e. The van der Waals surface area contributed by atoms with Gasteiger partial charge < -0.3 is 5.32 Å². The summed E-state index contributed by atoms with van der Waals surface area (Å²) >= 11 is 1.91. The molecule has 0 radical (unpaired) electrons. The van der Waals surface area contributed by atoms with E-state index in [0.29, 0.717) is 6.04 Å². The molecule has 20 heavy (non-hydrogen) atoms. The van der Waals surface area contributed by atoms with Crippen LogP contribution in [0.4, 0.5) is 0 Å². The number of hydrogen-bond donors (Lipinski definition) is 1. The van der Waals surface area contributed by atoms with Crippen molar-refractivity contribution in [2.24, 2.45) is 0 Å². The molecule has 1 aliphatic rings. The normalized spacial score (nSPS) is 15.3. The second kappa shape index (κ2) is 6.11. The Balaban J connectivity index is 1.53. The van der Waals surface area contributed by atoms with E-state index in [0.717, 1.165) is 13.0 Å². The largest absolute Gasteiger partial charge is 0.310 e. The lowest BCUT2D eigenvalue weighted by molar-refractivity contribution is 0.548. The first-order chi connectivity index (χ1) is 9.70. The van der Waals surface area contributed by atoms with Crippen LogP contribution in [0.5, 0.6) is 0 Å². The molecule has 1 unspecified atom stereocenters. The zero-order valence-corrected chi connectivity index (χ0v) is 13.2. The van der Waals surface area contributed by atoms with Crippen LogP contribution in [0.2, 0.25) is 0 Å². The van der Waals surface area contributed by atoms with E-state index in [9.17, 15) is 0 Å². The third-order valence-corrected chi connectivity index (χ3v) is 5.14. The molecule has 0 saturated carbocycles. The van der Waals surface area contributed by atoms with Crippen molar-refractivity contribution in [2.75, 3.05) is 0 Å². The molecule has 1 heterocycles. The van der Waals surface area contributed by atoms with Gasteiger partial charge in [-0.2, -0.15) is 0 Å². The summed E-state index contributed by atoms with van der Waals surface area (Å²) in [6.45, 7) is 5.44. The number of rotatable bonds is 5. The number of nitrogens with one attached hydrogen (secondary N) is 1. The van der Waals surface area contributed by atoms with E-state index in [1.54, 1.807) is 11.1 Å². The fourth-order valence-electron chi connectivity index (χ4n) is 3.00. The molecular weight excluding hydrogens is 262 g/mol. The Kier molecular flexibility index (Phi) is 4.23. The van der Waals surface area contributed by atoms with Crippen LogP contribution in [0, 0.1) is 6.92 Å². The van der Waals surface area contributed by atoms with Crippen LogP contribution in [-0.2, 0) is 25.8 Å². The highest BCUT2D eigenvalue weighted by Gasteiger charge is 2.11. The fourth-order valence-corrected chi connectivity index (χ4v) is 4.02. The Morgan fingerprint density at radius 2 is 2.00 bits per heavy atom. The van der Waals surface area contributed by atoms with Gasteiger partial charge in [0.15, 0.2) is 0 Å². The molecule has 106 valence electrons. The van der Waals surface area contributed by atoms with Gasteiger partial charge in [-0.1, -0.05) is 18.2 Å². The Morgan fingerprint density at radius 3 is 2.80 bits per heavy atom.